The van der Waals surface area contributed by atoms with Crippen molar-refractivity contribution in [1.29, 1.82) is 0 Å². The second-order valence-electron chi connectivity index (χ2n) is 6.40. The van der Waals surface area contributed by atoms with Crippen molar-refractivity contribution in [3.8, 4) is 0 Å². The predicted molar refractivity (Wildman–Crippen MR) is 82.9 cm³/mol. The van der Waals surface area contributed by atoms with Gasteiger partial charge in [-0.3, -0.25) is 4.79 Å². The van der Waals surface area contributed by atoms with E-state index >= 15 is 0 Å². The molecule has 0 aliphatic carbocycles. The van der Waals surface area contributed by atoms with Gasteiger partial charge in [-0.2, -0.15) is 0 Å². The fraction of sp³-hybridized carbons (Fsp3) is 0.471. The first-order chi connectivity index (χ1) is 9.48. The Hall–Kier alpha value is -1.77. The fourth-order valence-corrected chi connectivity index (χ4v) is 3.26. The standard InChI is InChI=1S/C17H22N2O/c1-12-11-17(2,3)18-15-13(12)7-6-8-14(15)16(20)19-9-4-5-10-19/h6-8,11,18H,4-5,9-10H2,1-3H3. The normalized spacial score (nSPS) is 20.1. The summed E-state index contributed by atoms with van der Waals surface area (Å²) in [5, 5.41) is 3.52. The van der Waals surface area contributed by atoms with Crippen LogP contribution in [0.1, 0.15) is 49.5 Å². The molecule has 0 aromatic heterocycles. The minimum Gasteiger partial charge on any atom is -0.376 e. The van der Waals surface area contributed by atoms with Gasteiger partial charge in [-0.15, -0.1) is 0 Å². The van der Waals surface area contributed by atoms with Crippen LogP contribution >= 0.6 is 0 Å². The van der Waals surface area contributed by atoms with Gasteiger partial charge in [-0.1, -0.05) is 18.2 Å². The molecule has 2 aliphatic heterocycles. The molecule has 0 bridgehead atoms. The minimum absolute atomic E-state index is 0.113. The number of nitrogens with zero attached hydrogens (tertiary/aromatic N) is 1. The summed E-state index contributed by atoms with van der Waals surface area (Å²) >= 11 is 0. The molecule has 3 heteroatoms. The molecule has 0 atom stereocenters. The van der Waals surface area contributed by atoms with Crippen molar-refractivity contribution in [3.05, 3.63) is 35.4 Å². The topological polar surface area (TPSA) is 32.3 Å². The van der Waals surface area contributed by atoms with E-state index in [0.29, 0.717) is 0 Å². The number of nitrogens with one attached hydrogen (secondary N) is 1. The van der Waals surface area contributed by atoms with Crippen LogP contribution in [0.3, 0.4) is 0 Å². The number of carbonyl (C=O) groups excluding carboxylic acids is 1. The summed E-state index contributed by atoms with van der Waals surface area (Å²) in [6.45, 7) is 8.17. The maximum absolute atomic E-state index is 12.7. The molecule has 0 saturated carbocycles. The molecule has 3 nitrogen and oxygen atoms in total. The van der Waals surface area contributed by atoms with Crippen molar-refractivity contribution >= 4 is 17.2 Å². The number of allylic oxidation sites excluding steroid dienone is 1. The summed E-state index contributed by atoms with van der Waals surface area (Å²) in [6, 6.07) is 6.02. The smallest absolute Gasteiger partial charge is 0.255 e. The first kappa shape index (κ1) is 13.2. The predicted octanol–water partition coefficient (Wildman–Crippen LogP) is 3.53. The molecular weight excluding hydrogens is 248 g/mol. The molecule has 2 heterocycles. The highest BCUT2D eigenvalue weighted by Gasteiger charge is 2.28. The summed E-state index contributed by atoms with van der Waals surface area (Å²) in [7, 11) is 0. The Morgan fingerprint density at radius 1 is 1.25 bits per heavy atom. The van der Waals surface area contributed by atoms with E-state index in [2.05, 4.69) is 38.2 Å². The molecule has 1 amide bonds. The number of para-hydroxylation sites is 1. The molecule has 1 N–H and O–H groups in total. The van der Waals surface area contributed by atoms with Crippen LogP contribution in [0.4, 0.5) is 5.69 Å². The lowest BCUT2D eigenvalue weighted by Crippen LogP contribution is -2.34. The number of benzene rings is 1. The summed E-state index contributed by atoms with van der Waals surface area (Å²) in [5.74, 6) is 0.164. The van der Waals surface area contributed by atoms with Crippen molar-refractivity contribution in [1.82, 2.24) is 4.90 Å². The number of carbonyl (C=O) groups is 1. The summed E-state index contributed by atoms with van der Waals surface area (Å²) < 4.78 is 0. The molecule has 1 aromatic carbocycles. The van der Waals surface area contributed by atoms with Crippen LogP contribution in [0.15, 0.2) is 24.3 Å². The van der Waals surface area contributed by atoms with E-state index in [1.165, 1.54) is 5.57 Å². The van der Waals surface area contributed by atoms with E-state index < -0.39 is 0 Å². The quantitative estimate of drug-likeness (QED) is 0.846. The third-order valence-electron chi connectivity index (χ3n) is 4.14. The van der Waals surface area contributed by atoms with Crippen molar-refractivity contribution in [3.63, 3.8) is 0 Å². The molecular formula is C17H22N2O. The second-order valence-corrected chi connectivity index (χ2v) is 6.40. The van der Waals surface area contributed by atoms with Gasteiger partial charge in [-0.25, -0.2) is 0 Å². The van der Waals surface area contributed by atoms with Gasteiger partial charge in [0.15, 0.2) is 0 Å². The second kappa shape index (κ2) is 4.65. The molecule has 1 aromatic rings. The van der Waals surface area contributed by atoms with Crippen LogP contribution in [0.5, 0.6) is 0 Å². The van der Waals surface area contributed by atoms with Crippen LogP contribution in [0.25, 0.3) is 5.57 Å². The highest BCUT2D eigenvalue weighted by molar-refractivity contribution is 6.03. The monoisotopic (exact) mass is 270 g/mol. The fourth-order valence-electron chi connectivity index (χ4n) is 3.26. The number of hydrogen-bond donors (Lipinski definition) is 1. The van der Waals surface area contributed by atoms with Gasteiger partial charge in [0.25, 0.3) is 5.91 Å². The highest BCUT2D eigenvalue weighted by Crippen LogP contribution is 2.36. The zero-order valence-corrected chi connectivity index (χ0v) is 12.5. The maximum atomic E-state index is 12.7. The summed E-state index contributed by atoms with van der Waals surface area (Å²) in [5.41, 5.74) is 4.08. The van der Waals surface area contributed by atoms with Crippen LogP contribution < -0.4 is 5.32 Å². The molecule has 106 valence electrons. The average molecular weight is 270 g/mol. The van der Waals surface area contributed by atoms with Crippen molar-refractivity contribution in [2.24, 2.45) is 0 Å². The molecule has 0 radical (unpaired) electrons. The van der Waals surface area contributed by atoms with Crippen molar-refractivity contribution in [2.75, 3.05) is 18.4 Å². The van der Waals surface area contributed by atoms with Crippen LogP contribution in [0.2, 0.25) is 0 Å². The van der Waals surface area contributed by atoms with E-state index in [0.717, 1.165) is 42.7 Å². The molecule has 2 aliphatic rings. The first-order valence-electron chi connectivity index (χ1n) is 7.38. The zero-order valence-electron chi connectivity index (χ0n) is 12.5. The largest absolute Gasteiger partial charge is 0.376 e. The van der Waals surface area contributed by atoms with E-state index in [1.807, 2.05) is 17.0 Å². The van der Waals surface area contributed by atoms with Crippen molar-refractivity contribution in [2.45, 2.75) is 39.2 Å². The third-order valence-corrected chi connectivity index (χ3v) is 4.14. The number of anilines is 1. The number of amides is 1. The van der Waals surface area contributed by atoms with Crippen LogP contribution in [0, 0.1) is 0 Å². The van der Waals surface area contributed by atoms with Crippen LogP contribution in [-0.2, 0) is 0 Å². The third kappa shape index (κ3) is 2.21. The van der Waals surface area contributed by atoms with Gasteiger partial charge in [0.2, 0.25) is 0 Å². The van der Waals surface area contributed by atoms with Gasteiger partial charge in [0, 0.05) is 18.7 Å². The molecule has 20 heavy (non-hydrogen) atoms. The number of hydrogen-bond acceptors (Lipinski definition) is 2. The van der Waals surface area contributed by atoms with E-state index in [4.69, 9.17) is 0 Å². The average Bonchev–Trinajstić information content (AvgIpc) is 2.90. The molecule has 0 spiro atoms. The Kier molecular flexibility index (Phi) is 3.08. The molecule has 3 rings (SSSR count). The lowest BCUT2D eigenvalue weighted by Gasteiger charge is -2.33. The molecule has 0 unspecified atom stereocenters. The molecule has 1 fully saturated rings. The Labute approximate surface area is 120 Å². The van der Waals surface area contributed by atoms with Crippen molar-refractivity contribution < 1.29 is 4.79 Å². The number of likely N-dealkylation sites (tertiary alicyclic amines) is 1. The Morgan fingerprint density at radius 3 is 2.65 bits per heavy atom. The SMILES string of the molecule is CC1=CC(C)(C)Nc2c(C(=O)N3CCCC3)cccc21. The Morgan fingerprint density at radius 2 is 1.95 bits per heavy atom. The van der Waals surface area contributed by atoms with E-state index in [9.17, 15) is 4.79 Å². The van der Waals surface area contributed by atoms with Gasteiger partial charge in [-0.05, 0) is 45.3 Å². The first-order valence-corrected chi connectivity index (χ1v) is 7.38. The Balaban J connectivity index is 2.04. The summed E-state index contributed by atoms with van der Waals surface area (Å²) in [6.07, 6.45) is 4.47. The van der Waals surface area contributed by atoms with E-state index in [1.54, 1.807) is 0 Å². The highest BCUT2D eigenvalue weighted by atomic mass is 16.2. The number of fused-ring (bicyclic) bond motifs is 1. The maximum Gasteiger partial charge on any atom is 0.255 e. The van der Waals surface area contributed by atoms with Gasteiger partial charge < -0.3 is 10.2 Å². The minimum atomic E-state index is -0.113. The van der Waals surface area contributed by atoms with Gasteiger partial charge in [0.05, 0.1) is 16.8 Å². The summed E-state index contributed by atoms with van der Waals surface area (Å²) in [4.78, 5) is 14.7. The molecule has 1 saturated heterocycles. The van der Waals surface area contributed by atoms with Gasteiger partial charge >= 0.3 is 0 Å². The lowest BCUT2D eigenvalue weighted by molar-refractivity contribution is 0.0793. The zero-order chi connectivity index (χ0) is 14.3. The number of rotatable bonds is 1. The lowest BCUT2D eigenvalue weighted by atomic mass is 9.89. The Bertz CT molecular complexity index is 581. The van der Waals surface area contributed by atoms with Crippen LogP contribution in [-0.4, -0.2) is 29.4 Å². The van der Waals surface area contributed by atoms with Gasteiger partial charge in [0.1, 0.15) is 0 Å². The van der Waals surface area contributed by atoms with E-state index in [-0.39, 0.29) is 11.4 Å².